The number of guanidine groups is 1. The van der Waals surface area contributed by atoms with Gasteiger partial charge in [-0.3, -0.25) is 4.99 Å². The zero-order chi connectivity index (χ0) is 20.5. The van der Waals surface area contributed by atoms with Gasteiger partial charge in [0, 0.05) is 32.1 Å². The number of nitrogens with one attached hydrogen (secondary N) is 2. The summed E-state index contributed by atoms with van der Waals surface area (Å²) in [6, 6.07) is 16.0. The van der Waals surface area contributed by atoms with Crippen molar-refractivity contribution in [1.82, 2.24) is 20.8 Å². The third kappa shape index (κ3) is 5.81. The second kappa shape index (κ2) is 10.3. The van der Waals surface area contributed by atoms with Crippen molar-refractivity contribution >= 4 is 5.96 Å². The Balaban J connectivity index is 1.57. The van der Waals surface area contributed by atoms with Crippen molar-refractivity contribution in [2.45, 2.75) is 32.9 Å². The third-order valence-electron chi connectivity index (χ3n) is 4.39. The fourth-order valence-electron chi connectivity index (χ4n) is 2.89. The maximum Gasteiger partial charge on any atom is 0.257 e. The van der Waals surface area contributed by atoms with Crippen LogP contribution in [-0.4, -0.2) is 30.3 Å². The summed E-state index contributed by atoms with van der Waals surface area (Å²) in [6.07, 6.45) is 1.81. The molecule has 0 saturated carbocycles. The van der Waals surface area contributed by atoms with Gasteiger partial charge < -0.3 is 19.9 Å². The van der Waals surface area contributed by atoms with E-state index >= 15 is 0 Å². The van der Waals surface area contributed by atoms with Crippen LogP contribution in [0.5, 0.6) is 5.75 Å². The lowest BCUT2D eigenvalue weighted by molar-refractivity contribution is 0.414. The molecule has 0 aliphatic carbocycles. The van der Waals surface area contributed by atoms with E-state index in [0.29, 0.717) is 19.0 Å². The predicted octanol–water partition coefficient (Wildman–Crippen LogP) is 3.56. The van der Waals surface area contributed by atoms with Crippen molar-refractivity contribution in [1.29, 1.82) is 0 Å². The SMILES string of the molecule is CCCc1noc(-c2cccc(CNC(=NC)NCc3cccc(OC)c3)c2)n1. The molecule has 7 heteroatoms. The summed E-state index contributed by atoms with van der Waals surface area (Å²) in [5.74, 6) is 2.86. The van der Waals surface area contributed by atoms with Gasteiger partial charge in [0.05, 0.1) is 7.11 Å². The first kappa shape index (κ1) is 20.4. The third-order valence-corrected chi connectivity index (χ3v) is 4.39. The van der Waals surface area contributed by atoms with Crippen LogP contribution in [-0.2, 0) is 19.5 Å². The number of benzene rings is 2. The quantitative estimate of drug-likeness (QED) is 0.450. The van der Waals surface area contributed by atoms with E-state index in [0.717, 1.165) is 47.1 Å². The first-order valence-electron chi connectivity index (χ1n) is 9.71. The number of aliphatic imine (C=N–C) groups is 1. The lowest BCUT2D eigenvalue weighted by atomic mass is 10.1. The number of hydrogen-bond acceptors (Lipinski definition) is 5. The molecule has 0 unspecified atom stereocenters. The lowest BCUT2D eigenvalue weighted by Crippen LogP contribution is -2.36. The molecule has 0 saturated heterocycles. The molecule has 2 aromatic carbocycles. The molecule has 152 valence electrons. The minimum Gasteiger partial charge on any atom is -0.497 e. The minimum atomic E-state index is 0.552. The van der Waals surface area contributed by atoms with Crippen molar-refractivity contribution in [3.63, 3.8) is 0 Å². The van der Waals surface area contributed by atoms with Gasteiger partial charge in [-0.25, -0.2) is 0 Å². The Morgan fingerprint density at radius 2 is 1.79 bits per heavy atom. The van der Waals surface area contributed by atoms with Crippen LogP contribution in [0.3, 0.4) is 0 Å². The summed E-state index contributed by atoms with van der Waals surface area (Å²) in [4.78, 5) is 8.74. The Morgan fingerprint density at radius 1 is 1.07 bits per heavy atom. The first-order chi connectivity index (χ1) is 14.2. The normalized spacial score (nSPS) is 11.3. The Morgan fingerprint density at radius 3 is 2.48 bits per heavy atom. The van der Waals surface area contributed by atoms with Gasteiger partial charge in [-0.1, -0.05) is 36.3 Å². The highest BCUT2D eigenvalue weighted by Crippen LogP contribution is 2.19. The lowest BCUT2D eigenvalue weighted by Gasteiger charge is -2.13. The van der Waals surface area contributed by atoms with Gasteiger partial charge in [0.15, 0.2) is 11.8 Å². The van der Waals surface area contributed by atoms with E-state index in [4.69, 9.17) is 9.26 Å². The Hall–Kier alpha value is -3.35. The highest BCUT2D eigenvalue weighted by Gasteiger charge is 2.09. The molecule has 0 atom stereocenters. The zero-order valence-corrected chi connectivity index (χ0v) is 17.1. The minimum absolute atomic E-state index is 0.552. The van der Waals surface area contributed by atoms with Gasteiger partial charge in [0.25, 0.3) is 5.89 Å². The average Bonchev–Trinajstić information content (AvgIpc) is 3.23. The summed E-state index contributed by atoms with van der Waals surface area (Å²) in [5, 5.41) is 10.7. The predicted molar refractivity (Wildman–Crippen MR) is 114 cm³/mol. The smallest absolute Gasteiger partial charge is 0.257 e. The molecule has 0 aliphatic rings. The zero-order valence-electron chi connectivity index (χ0n) is 17.1. The number of methoxy groups -OCH3 is 1. The molecular weight excluding hydrogens is 366 g/mol. The molecule has 1 aromatic heterocycles. The molecule has 0 fully saturated rings. The molecule has 29 heavy (non-hydrogen) atoms. The second-order valence-corrected chi connectivity index (χ2v) is 6.60. The maximum atomic E-state index is 5.38. The number of rotatable bonds is 8. The largest absolute Gasteiger partial charge is 0.497 e. The fraction of sp³-hybridized carbons (Fsp3) is 0.318. The topological polar surface area (TPSA) is 84.6 Å². The molecule has 0 bridgehead atoms. The Kier molecular flexibility index (Phi) is 7.22. The van der Waals surface area contributed by atoms with Crippen LogP contribution in [0.4, 0.5) is 0 Å². The molecular formula is C22H27N5O2. The molecule has 0 amide bonds. The monoisotopic (exact) mass is 393 g/mol. The number of nitrogens with zero attached hydrogens (tertiary/aromatic N) is 3. The van der Waals surface area contributed by atoms with Crippen LogP contribution < -0.4 is 15.4 Å². The van der Waals surface area contributed by atoms with Gasteiger partial charge in [-0.05, 0) is 41.8 Å². The average molecular weight is 393 g/mol. The van der Waals surface area contributed by atoms with E-state index in [-0.39, 0.29) is 0 Å². The summed E-state index contributed by atoms with van der Waals surface area (Å²) in [7, 11) is 3.42. The number of aromatic nitrogens is 2. The molecule has 1 heterocycles. The van der Waals surface area contributed by atoms with Crippen molar-refractivity contribution in [3.05, 3.63) is 65.5 Å². The summed E-state index contributed by atoms with van der Waals surface area (Å²) >= 11 is 0. The summed E-state index contributed by atoms with van der Waals surface area (Å²) < 4.78 is 10.6. The number of ether oxygens (including phenoxy) is 1. The summed E-state index contributed by atoms with van der Waals surface area (Å²) in [5.41, 5.74) is 3.13. The van der Waals surface area contributed by atoms with E-state index < -0.39 is 0 Å². The molecule has 7 nitrogen and oxygen atoms in total. The van der Waals surface area contributed by atoms with E-state index in [9.17, 15) is 0 Å². The van der Waals surface area contributed by atoms with Gasteiger partial charge in [0.2, 0.25) is 0 Å². The molecule has 3 rings (SSSR count). The fourth-order valence-corrected chi connectivity index (χ4v) is 2.89. The van der Waals surface area contributed by atoms with Crippen molar-refractivity contribution in [3.8, 4) is 17.2 Å². The number of hydrogen-bond donors (Lipinski definition) is 2. The van der Waals surface area contributed by atoms with Gasteiger partial charge in [0.1, 0.15) is 5.75 Å². The van der Waals surface area contributed by atoms with Gasteiger partial charge >= 0.3 is 0 Å². The van der Waals surface area contributed by atoms with Gasteiger partial charge in [-0.15, -0.1) is 0 Å². The second-order valence-electron chi connectivity index (χ2n) is 6.60. The van der Waals surface area contributed by atoms with Crippen molar-refractivity contribution in [2.24, 2.45) is 4.99 Å². The first-order valence-corrected chi connectivity index (χ1v) is 9.71. The van der Waals surface area contributed by atoms with Crippen molar-refractivity contribution < 1.29 is 9.26 Å². The van der Waals surface area contributed by atoms with Crippen LogP contribution in [0.15, 0.2) is 58.0 Å². The van der Waals surface area contributed by atoms with E-state index in [2.05, 4.69) is 38.8 Å². The van der Waals surface area contributed by atoms with Gasteiger partial charge in [-0.2, -0.15) is 4.98 Å². The van der Waals surface area contributed by atoms with Crippen molar-refractivity contribution in [2.75, 3.05) is 14.2 Å². The highest BCUT2D eigenvalue weighted by atomic mass is 16.5. The van der Waals surface area contributed by atoms with E-state index in [1.807, 2.05) is 42.5 Å². The Labute approximate surface area is 171 Å². The standard InChI is InChI=1S/C22H27N5O2/c1-4-7-20-26-21(29-27-20)18-10-5-8-16(12-18)14-24-22(23-2)25-15-17-9-6-11-19(13-17)28-3/h5-6,8-13H,4,7,14-15H2,1-3H3,(H2,23,24,25). The van der Waals surface area contributed by atoms with Crippen LogP contribution in [0.25, 0.3) is 11.5 Å². The van der Waals surface area contributed by atoms with Crippen LogP contribution in [0.2, 0.25) is 0 Å². The van der Waals surface area contributed by atoms with Crippen LogP contribution in [0.1, 0.15) is 30.3 Å². The van der Waals surface area contributed by atoms with E-state index in [1.165, 1.54) is 0 Å². The Bertz CT molecular complexity index is 952. The van der Waals surface area contributed by atoms with Crippen LogP contribution in [0, 0.1) is 0 Å². The number of aryl methyl sites for hydroxylation is 1. The molecule has 0 spiro atoms. The molecule has 3 aromatic rings. The molecule has 0 aliphatic heterocycles. The molecule has 2 N–H and O–H groups in total. The maximum absolute atomic E-state index is 5.38. The highest BCUT2D eigenvalue weighted by molar-refractivity contribution is 5.79. The van der Waals surface area contributed by atoms with Crippen LogP contribution >= 0.6 is 0 Å². The summed E-state index contributed by atoms with van der Waals surface area (Å²) in [6.45, 7) is 3.37. The molecule has 0 radical (unpaired) electrons. The van der Waals surface area contributed by atoms with E-state index in [1.54, 1.807) is 14.2 Å².